The topological polar surface area (TPSA) is 59.1 Å². The molecule has 0 fully saturated rings. The minimum Gasteiger partial charge on any atom is -0.278 e. The van der Waals surface area contributed by atoms with Crippen LogP contribution in [0.2, 0.25) is 4.47 Å². The third kappa shape index (κ3) is 3.87. The molecule has 11 heteroatoms. The Morgan fingerprint density at radius 2 is 2.00 bits per heavy atom. The number of alkyl halides is 3. The van der Waals surface area contributed by atoms with Crippen molar-refractivity contribution >= 4 is 54.6 Å². The van der Waals surface area contributed by atoms with E-state index in [2.05, 4.69) is 20.9 Å². The number of anilines is 1. The van der Waals surface area contributed by atoms with Crippen LogP contribution in [0.4, 0.5) is 18.9 Å². The molecular formula is C10H5BrClF3N2O2S2. The lowest BCUT2D eigenvalue weighted by molar-refractivity contribution is -0.136. The van der Waals surface area contributed by atoms with E-state index >= 15 is 0 Å². The van der Waals surface area contributed by atoms with E-state index in [1.54, 1.807) is 0 Å². The molecule has 0 saturated carbocycles. The number of nitrogens with one attached hydrogen (secondary N) is 1. The fourth-order valence-corrected chi connectivity index (χ4v) is 4.13. The molecular weight excluding hydrogens is 417 g/mol. The van der Waals surface area contributed by atoms with Crippen LogP contribution in [0.1, 0.15) is 5.56 Å². The summed E-state index contributed by atoms with van der Waals surface area (Å²) in [6.45, 7) is 0. The standard InChI is InChI=1S/C10H5BrClF3N2O2S2/c11-5-1-2-7(6(3-5)10(13,14)15)17-21(18,19)8-4-16-9(12)20-8/h1-4,17H. The molecule has 1 N–H and O–H groups in total. The van der Waals surface area contributed by atoms with E-state index in [1.807, 2.05) is 4.72 Å². The van der Waals surface area contributed by atoms with Crippen LogP contribution in [0.25, 0.3) is 0 Å². The molecule has 4 nitrogen and oxygen atoms in total. The maximum absolute atomic E-state index is 12.9. The highest BCUT2D eigenvalue weighted by molar-refractivity contribution is 9.10. The van der Waals surface area contributed by atoms with Gasteiger partial charge in [-0.15, -0.1) is 0 Å². The van der Waals surface area contributed by atoms with E-state index in [0.717, 1.165) is 18.3 Å². The lowest BCUT2D eigenvalue weighted by atomic mass is 10.2. The molecule has 0 saturated heterocycles. The van der Waals surface area contributed by atoms with Crippen molar-refractivity contribution in [3.8, 4) is 0 Å². The summed E-state index contributed by atoms with van der Waals surface area (Å²) in [5.74, 6) is 0. The van der Waals surface area contributed by atoms with Gasteiger partial charge in [-0.25, -0.2) is 13.4 Å². The first-order chi connectivity index (χ1) is 9.59. The number of hydrogen-bond acceptors (Lipinski definition) is 4. The van der Waals surface area contributed by atoms with E-state index in [4.69, 9.17) is 11.6 Å². The smallest absolute Gasteiger partial charge is 0.278 e. The first-order valence-corrected chi connectivity index (χ1v) is 8.57. The molecule has 2 aromatic rings. The molecule has 0 aliphatic heterocycles. The summed E-state index contributed by atoms with van der Waals surface area (Å²) in [5, 5.41) is 0. The van der Waals surface area contributed by atoms with Crippen molar-refractivity contribution in [2.45, 2.75) is 10.4 Å². The van der Waals surface area contributed by atoms with Gasteiger partial charge in [-0.3, -0.25) is 4.72 Å². The Labute approximate surface area is 135 Å². The van der Waals surface area contributed by atoms with Crippen LogP contribution >= 0.6 is 38.9 Å². The van der Waals surface area contributed by atoms with Gasteiger partial charge in [0.2, 0.25) is 0 Å². The first kappa shape index (κ1) is 16.5. The second kappa shape index (κ2) is 5.75. The molecule has 0 aliphatic carbocycles. The van der Waals surface area contributed by atoms with Gasteiger partial charge in [0.15, 0.2) is 8.68 Å². The van der Waals surface area contributed by atoms with Gasteiger partial charge in [-0.1, -0.05) is 38.9 Å². The molecule has 21 heavy (non-hydrogen) atoms. The minimum atomic E-state index is -4.70. The van der Waals surface area contributed by atoms with Crippen molar-refractivity contribution in [3.05, 3.63) is 38.9 Å². The van der Waals surface area contributed by atoms with Crippen LogP contribution in [0, 0.1) is 0 Å². The summed E-state index contributed by atoms with van der Waals surface area (Å²) in [7, 11) is -4.18. The molecule has 0 atom stereocenters. The molecule has 0 amide bonds. The van der Waals surface area contributed by atoms with Crippen LogP contribution in [0.3, 0.4) is 0 Å². The largest absolute Gasteiger partial charge is 0.418 e. The summed E-state index contributed by atoms with van der Waals surface area (Å²) < 4.78 is 64.5. The average molecular weight is 422 g/mol. The maximum atomic E-state index is 12.9. The molecule has 1 aromatic heterocycles. The molecule has 114 valence electrons. The quantitative estimate of drug-likeness (QED) is 0.800. The number of nitrogens with zero attached hydrogens (tertiary/aromatic N) is 1. The normalized spacial score (nSPS) is 12.4. The zero-order chi connectivity index (χ0) is 15.8. The van der Waals surface area contributed by atoms with Crippen molar-refractivity contribution in [2.75, 3.05) is 4.72 Å². The van der Waals surface area contributed by atoms with Crippen LogP contribution in [-0.2, 0) is 16.2 Å². The minimum absolute atomic E-state index is 0.0257. The third-order valence-electron chi connectivity index (χ3n) is 2.25. The third-order valence-corrected chi connectivity index (χ3v) is 5.69. The van der Waals surface area contributed by atoms with E-state index in [1.165, 1.54) is 6.07 Å². The van der Waals surface area contributed by atoms with Gasteiger partial charge < -0.3 is 0 Å². The highest BCUT2D eigenvalue weighted by atomic mass is 79.9. The fraction of sp³-hybridized carbons (Fsp3) is 0.100. The average Bonchev–Trinajstić information content (AvgIpc) is 2.77. The van der Waals surface area contributed by atoms with Gasteiger partial charge >= 0.3 is 6.18 Å². The van der Waals surface area contributed by atoms with E-state index in [0.29, 0.717) is 11.3 Å². The molecule has 0 bridgehead atoms. The summed E-state index contributed by atoms with van der Waals surface area (Å²) in [4.78, 5) is 3.54. The summed E-state index contributed by atoms with van der Waals surface area (Å²) in [6, 6.07) is 3.11. The Bertz CT molecular complexity index is 777. The van der Waals surface area contributed by atoms with Crippen molar-refractivity contribution in [1.82, 2.24) is 4.98 Å². The maximum Gasteiger partial charge on any atom is 0.418 e. The number of thiazole rings is 1. The molecule has 0 radical (unpaired) electrons. The highest BCUT2D eigenvalue weighted by Crippen LogP contribution is 2.37. The number of halogens is 5. The number of rotatable bonds is 3. The predicted molar refractivity (Wildman–Crippen MR) is 77.1 cm³/mol. The van der Waals surface area contributed by atoms with Gasteiger partial charge in [-0.05, 0) is 18.2 Å². The van der Waals surface area contributed by atoms with E-state index in [-0.39, 0.29) is 13.1 Å². The summed E-state index contributed by atoms with van der Waals surface area (Å²) in [6.07, 6.45) is -3.73. The van der Waals surface area contributed by atoms with Crippen LogP contribution in [0.5, 0.6) is 0 Å². The van der Waals surface area contributed by atoms with Gasteiger partial charge in [-0.2, -0.15) is 13.2 Å². The van der Waals surface area contributed by atoms with Crippen LogP contribution in [-0.4, -0.2) is 13.4 Å². The van der Waals surface area contributed by atoms with E-state index in [9.17, 15) is 21.6 Å². The van der Waals surface area contributed by atoms with Crippen molar-refractivity contribution in [1.29, 1.82) is 0 Å². The number of aromatic nitrogens is 1. The zero-order valence-corrected chi connectivity index (χ0v) is 13.8. The lowest BCUT2D eigenvalue weighted by Crippen LogP contribution is -2.16. The van der Waals surface area contributed by atoms with Crippen molar-refractivity contribution < 1.29 is 21.6 Å². The SMILES string of the molecule is O=S(=O)(Nc1ccc(Br)cc1C(F)(F)F)c1cnc(Cl)s1. The monoisotopic (exact) mass is 420 g/mol. The predicted octanol–water partition coefficient (Wildman–Crippen LogP) is 4.38. The zero-order valence-electron chi connectivity index (χ0n) is 9.78. The van der Waals surface area contributed by atoms with Gasteiger partial charge in [0.1, 0.15) is 0 Å². The van der Waals surface area contributed by atoms with Gasteiger partial charge in [0, 0.05) is 4.47 Å². The molecule has 0 aliphatic rings. The molecule has 0 spiro atoms. The summed E-state index contributed by atoms with van der Waals surface area (Å²) in [5.41, 5.74) is -1.67. The Balaban J connectivity index is 2.45. The molecule has 1 aromatic carbocycles. The molecule has 1 heterocycles. The Morgan fingerprint density at radius 3 is 2.52 bits per heavy atom. The van der Waals surface area contributed by atoms with Gasteiger partial charge in [0.25, 0.3) is 10.0 Å². The molecule has 2 rings (SSSR count). The highest BCUT2D eigenvalue weighted by Gasteiger charge is 2.35. The molecule has 0 unspecified atom stereocenters. The van der Waals surface area contributed by atoms with E-state index < -0.39 is 27.5 Å². The first-order valence-electron chi connectivity index (χ1n) is 5.10. The van der Waals surface area contributed by atoms with Crippen LogP contribution in [0.15, 0.2) is 33.1 Å². The van der Waals surface area contributed by atoms with Crippen LogP contribution < -0.4 is 4.72 Å². The second-order valence-corrected chi connectivity index (χ2v) is 8.16. The van der Waals surface area contributed by atoms with Crippen molar-refractivity contribution in [2.24, 2.45) is 0 Å². The fourth-order valence-electron chi connectivity index (χ4n) is 1.40. The Hall–Kier alpha value is -0.840. The Kier molecular flexibility index (Phi) is 4.52. The lowest BCUT2D eigenvalue weighted by Gasteiger charge is -2.14. The number of benzene rings is 1. The Morgan fingerprint density at radius 1 is 1.33 bits per heavy atom. The number of hydrogen-bond donors (Lipinski definition) is 1. The summed E-state index contributed by atoms with van der Waals surface area (Å²) >= 11 is 9.08. The number of sulfonamides is 1. The van der Waals surface area contributed by atoms with Gasteiger partial charge in [0.05, 0.1) is 17.4 Å². The second-order valence-electron chi connectivity index (χ2n) is 3.73. The van der Waals surface area contributed by atoms with Crippen molar-refractivity contribution in [3.63, 3.8) is 0 Å².